The number of hydrogen-bond donors (Lipinski definition) is 0. The third kappa shape index (κ3) is 2.97. The smallest absolute Gasteiger partial charge is 0.244 e. The summed E-state index contributed by atoms with van der Waals surface area (Å²) in [4.78, 5) is 0.417. The van der Waals surface area contributed by atoms with E-state index in [2.05, 4.69) is 14.8 Å². The van der Waals surface area contributed by atoms with Gasteiger partial charge >= 0.3 is 0 Å². The molecule has 0 spiro atoms. The lowest BCUT2D eigenvalue weighted by Crippen LogP contribution is -2.32. The van der Waals surface area contributed by atoms with Gasteiger partial charge in [-0.1, -0.05) is 18.6 Å². The molecule has 1 saturated heterocycles. The summed E-state index contributed by atoms with van der Waals surface area (Å²) < 4.78 is 30.7. The Morgan fingerprint density at radius 2 is 1.88 bits per heavy atom. The first-order chi connectivity index (χ1) is 12.5. The van der Waals surface area contributed by atoms with E-state index in [1.165, 1.54) is 6.42 Å². The highest BCUT2D eigenvalue weighted by Gasteiger charge is 2.39. The van der Waals surface area contributed by atoms with Crippen LogP contribution in [0, 0.1) is 13.8 Å². The SMILES string of the molecule is Cc1ccc(C)c(S(=O)(=O)N2CCCC2c2nnc3n2CCCCC3)c1. The molecule has 6 nitrogen and oxygen atoms in total. The first-order valence-corrected chi connectivity index (χ1v) is 10.9. The van der Waals surface area contributed by atoms with Gasteiger partial charge in [-0.05, 0) is 56.7 Å². The van der Waals surface area contributed by atoms with Crippen LogP contribution in [0.3, 0.4) is 0 Å². The van der Waals surface area contributed by atoms with E-state index in [1.807, 2.05) is 26.0 Å². The number of benzene rings is 1. The Balaban J connectivity index is 1.73. The van der Waals surface area contributed by atoms with Crippen molar-refractivity contribution < 1.29 is 8.42 Å². The van der Waals surface area contributed by atoms with E-state index in [0.717, 1.165) is 61.4 Å². The number of aromatic nitrogens is 3. The molecule has 26 heavy (non-hydrogen) atoms. The van der Waals surface area contributed by atoms with Gasteiger partial charge in [0.25, 0.3) is 0 Å². The van der Waals surface area contributed by atoms with Crippen LogP contribution >= 0.6 is 0 Å². The van der Waals surface area contributed by atoms with Crippen molar-refractivity contribution >= 4 is 10.0 Å². The van der Waals surface area contributed by atoms with Crippen LogP contribution in [-0.2, 0) is 23.0 Å². The minimum atomic E-state index is -3.55. The predicted molar refractivity (Wildman–Crippen MR) is 99.4 cm³/mol. The van der Waals surface area contributed by atoms with Gasteiger partial charge in [0, 0.05) is 19.5 Å². The van der Waals surface area contributed by atoms with Crippen LogP contribution in [0.25, 0.3) is 0 Å². The molecule has 1 aromatic carbocycles. The topological polar surface area (TPSA) is 68.1 Å². The number of aryl methyl sites for hydroxylation is 3. The lowest BCUT2D eigenvalue weighted by molar-refractivity contribution is 0.370. The molecule has 2 aliphatic rings. The van der Waals surface area contributed by atoms with E-state index in [0.29, 0.717) is 11.4 Å². The lowest BCUT2D eigenvalue weighted by Gasteiger charge is -2.25. The summed E-state index contributed by atoms with van der Waals surface area (Å²) in [5, 5.41) is 8.80. The molecule has 1 atom stereocenters. The van der Waals surface area contributed by atoms with E-state index < -0.39 is 10.0 Å². The van der Waals surface area contributed by atoms with Gasteiger partial charge in [-0.25, -0.2) is 8.42 Å². The molecule has 0 bridgehead atoms. The van der Waals surface area contributed by atoms with Gasteiger partial charge in [-0.3, -0.25) is 0 Å². The first-order valence-electron chi connectivity index (χ1n) is 9.49. The Morgan fingerprint density at radius 1 is 1.04 bits per heavy atom. The van der Waals surface area contributed by atoms with E-state index in [4.69, 9.17) is 0 Å². The second-order valence-electron chi connectivity index (χ2n) is 7.48. The molecule has 1 unspecified atom stereocenters. The van der Waals surface area contributed by atoms with Gasteiger partial charge in [-0.15, -0.1) is 10.2 Å². The van der Waals surface area contributed by atoms with Crippen molar-refractivity contribution in [2.45, 2.75) is 69.9 Å². The summed E-state index contributed by atoms with van der Waals surface area (Å²) >= 11 is 0. The summed E-state index contributed by atoms with van der Waals surface area (Å²) in [6, 6.07) is 5.41. The summed E-state index contributed by atoms with van der Waals surface area (Å²) in [5.74, 6) is 1.83. The molecule has 0 radical (unpaired) electrons. The molecule has 4 rings (SSSR count). The molecular weight excluding hydrogens is 348 g/mol. The third-order valence-electron chi connectivity index (χ3n) is 5.57. The van der Waals surface area contributed by atoms with Crippen LogP contribution in [0.1, 0.15) is 60.9 Å². The van der Waals surface area contributed by atoms with Crippen LogP contribution in [0.4, 0.5) is 0 Å². The van der Waals surface area contributed by atoms with E-state index in [-0.39, 0.29) is 6.04 Å². The zero-order valence-electron chi connectivity index (χ0n) is 15.5. The fraction of sp³-hybridized carbons (Fsp3) is 0.579. The Kier molecular flexibility index (Phi) is 4.61. The highest BCUT2D eigenvalue weighted by atomic mass is 32.2. The number of nitrogens with zero attached hydrogens (tertiary/aromatic N) is 4. The minimum Gasteiger partial charge on any atom is -0.314 e. The molecule has 7 heteroatoms. The van der Waals surface area contributed by atoms with Crippen LogP contribution < -0.4 is 0 Å². The summed E-state index contributed by atoms with van der Waals surface area (Å²) in [5.41, 5.74) is 1.75. The highest BCUT2D eigenvalue weighted by molar-refractivity contribution is 7.89. The van der Waals surface area contributed by atoms with Gasteiger partial charge in [-0.2, -0.15) is 4.31 Å². The molecule has 0 N–H and O–H groups in total. The van der Waals surface area contributed by atoms with Crippen LogP contribution in [0.15, 0.2) is 23.1 Å². The second kappa shape index (κ2) is 6.78. The Bertz CT molecular complexity index is 920. The van der Waals surface area contributed by atoms with Gasteiger partial charge in [0.05, 0.1) is 10.9 Å². The normalized spacial score (nSPS) is 21.5. The van der Waals surface area contributed by atoms with Crippen molar-refractivity contribution in [1.29, 1.82) is 0 Å². The zero-order chi connectivity index (χ0) is 18.3. The number of fused-ring (bicyclic) bond motifs is 1. The van der Waals surface area contributed by atoms with Crippen molar-refractivity contribution in [1.82, 2.24) is 19.1 Å². The molecule has 0 aliphatic carbocycles. The lowest BCUT2D eigenvalue weighted by atomic mass is 10.2. The largest absolute Gasteiger partial charge is 0.314 e. The summed E-state index contributed by atoms with van der Waals surface area (Å²) in [6.45, 7) is 5.23. The molecule has 0 amide bonds. The first kappa shape index (κ1) is 17.7. The summed E-state index contributed by atoms with van der Waals surface area (Å²) in [6.07, 6.45) is 6.03. The average Bonchev–Trinajstić information content (AvgIpc) is 3.18. The van der Waals surface area contributed by atoms with E-state index in [1.54, 1.807) is 10.4 Å². The number of sulfonamides is 1. The van der Waals surface area contributed by atoms with Crippen LogP contribution in [0.2, 0.25) is 0 Å². The Morgan fingerprint density at radius 3 is 2.73 bits per heavy atom. The monoisotopic (exact) mass is 374 g/mol. The van der Waals surface area contributed by atoms with Gasteiger partial charge in [0.2, 0.25) is 10.0 Å². The second-order valence-corrected chi connectivity index (χ2v) is 9.34. The number of rotatable bonds is 3. The maximum absolute atomic E-state index is 13.4. The molecule has 2 aromatic rings. The van der Waals surface area contributed by atoms with Crippen molar-refractivity contribution in [3.05, 3.63) is 41.0 Å². The zero-order valence-corrected chi connectivity index (χ0v) is 16.3. The van der Waals surface area contributed by atoms with Gasteiger partial charge < -0.3 is 4.57 Å². The molecule has 3 heterocycles. The van der Waals surface area contributed by atoms with Crippen molar-refractivity contribution in [2.24, 2.45) is 0 Å². The fourth-order valence-corrected chi connectivity index (χ4v) is 6.12. The molecule has 1 aromatic heterocycles. The van der Waals surface area contributed by atoms with Crippen molar-refractivity contribution in [3.63, 3.8) is 0 Å². The summed E-state index contributed by atoms with van der Waals surface area (Å²) in [7, 11) is -3.55. The molecular formula is C19H26N4O2S. The predicted octanol–water partition coefficient (Wildman–Crippen LogP) is 3.15. The average molecular weight is 375 g/mol. The minimum absolute atomic E-state index is 0.209. The maximum Gasteiger partial charge on any atom is 0.244 e. The van der Waals surface area contributed by atoms with Crippen LogP contribution in [-0.4, -0.2) is 34.0 Å². The number of hydrogen-bond acceptors (Lipinski definition) is 4. The van der Waals surface area contributed by atoms with Crippen molar-refractivity contribution in [3.8, 4) is 0 Å². The van der Waals surface area contributed by atoms with Gasteiger partial charge in [0.1, 0.15) is 5.82 Å². The van der Waals surface area contributed by atoms with Crippen LogP contribution in [0.5, 0.6) is 0 Å². The molecule has 1 fully saturated rings. The quantitative estimate of drug-likeness (QED) is 0.828. The Hall–Kier alpha value is -1.73. The highest BCUT2D eigenvalue weighted by Crippen LogP contribution is 2.37. The standard InChI is InChI=1S/C19H26N4O2S/c1-14-9-10-15(2)17(13-14)26(24,25)23-12-6-7-16(23)19-21-20-18-8-4-3-5-11-22(18)19/h9-10,13,16H,3-8,11-12H2,1-2H3. The molecule has 2 aliphatic heterocycles. The molecule has 0 saturated carbocycles. The van der Waals surface area contributed by atoms with E-state index in [9.17, 15) is 8.42 Å². The van der Waals surface area contributed by atoms with Gasteiger partial charge in [0.15, 0.2) is 5.82 Å². The fourth-order valence-electron chi connectivity index (χ4n) is 4.15. The van der Waals surface area contributed by atoms with E-state index >= 15 is 0 Å². The molecule has 140 valence electrons. The van der Waals surface area contributed by atoms with Crippen molar-refractivity contribution in [2.75, 3.05) is 6.54 Å². The maximum atomic E-state index is 13.4. The third-order valence-corrected chi connectivity index (χ3v) is 7.62. The Labute approximate surface area is 155 Å².